The summed E-state index contributed by atoms with van der Waals surface area (Å²) < 4.78 is 10.9. The molecule has 8 nitrogen and oxygen atoms in total. The van der Waals surface area contributed by atoms with Crippen LogP contribution >= 0.6 is 0 Å². The molecule has 2 atom stereocenters. The summed E-state index contributed by atoms with van der Waals surface area (Å²) in [6, 6.07) is 6.48. The third-order valence-electron chi connectivity index (χ3n) is 4.96. The number of esters is 1. The zero-order chi connectivity index (χ0) is 21.9. The lowest BCUT2D eigenvalue weighted by atomic mass is 10.1. The fraction of sp³-hybridized carbons (Fsp3) is 0.591. The van der Waals surface area contributed by atoms with Crippen molar-refractivity contribution in [1.29, 1.82) is 0 Å². The van der Waals surface area contributed by atoms with E-state index in [0.717, 1.165) is 25.0 Å². The summed E-state index contributed by atoms with van der Waals surface area (Å²) in [4.78, 5) is 38.5. The van der Waals surface area contributed by atoms with Gasteiger partial charge in [-0.05, 0) is 44.0 Å². The second-order valence-corrected chi connectivity index (χ2v) is 7.46. The lowest BCUT2D eigenvalue weighted by Crippen LogP contribution is -2.57. The molecule has 2 N–H and O–H groups in total. The van der Waals surface area contributed by atoms with E-state index in [1.54, 1.807) is 17.0 Å². The summed E-state index contributed by atoms with van der Waals surface area (Å²) in [7, 11) is 0. The van der Waals surface area contributed by atoms with Crippen molar-refractivity contribution >= 4 is 23.5 Å². The molecule has 166 valence electrons. The van der Waals surface area contributed by atoms with Crippen molar-refractivity contribution in [2.45, 2.75) is 58.6 Å². The number of nitrogens with one attached hydrogen (secondary N) is 2. The molecule has 0 aliphatic carbocycles. The second kappa shape index (κ2) is 12.2. The Morgan fingerprint density at radius 1 is 1.27 bits per heavy atom. The van der Waals surface area contributed by atoms with Crippen molar-refractivity contribution in [3.63, 3.8) is 0 Å². The fourth-order valence-corrected chi connectivity index (χ4v) is 3.04. The first-order valence-electron chi connectivity index (χ1n) is 10.7. The Labute approximate surface area is 178 Å². The van der Waals surface area contributed by atoms with Gasteiger partial charge in [0.1, 0.15) is 11.8 Å². The van der Waals surface area contributed by atoms with Crippen LogP contribution in [0.15, 0.2) is 24.3 Å². The van der Waals surface area contributed by atoms with E-state index in [9.17, 15) is 14.4 Å². The molecular formula is C22H33N3O5. The molecule has 2 rings (SSSR count). The van der Waals surface area contributed by atoms with Crippen LogP contribution in [0.2, 0.25) is 0 Å². The molecule has 1 aliphatic rings. The van der Waals surface area contributed by atoms with E-state index >= 15 is 0 Å². The van der Waals surface area contributed by atoms with Gasteiger partial charge in [0.2, 0.25) is 11.8 Å². The molecule has 1 aliphatic heterocycles. The SMILES string of the molecule is CCCCOC(=O)CC1C(=O)NCCN1CC(=O)Nc1ccc(OC(C)CC)cc1. The van der Waals surface area contributed by atoms with Crippen LogP contribution in [0.4, 0.5) is 5.69 Å². The first kappa shape index (κ1) is 23.7. The number of benzene rings is 1. The van der Waals surface area contributed by atoms with Crippen molar-refractivity contribution in [3.8, 4) is 5.75 Å². The van der Waals surface area contributed by atoms with E-state index in [1.807, 2.05) is 26.0 Å². The molecule has 1 aromatic rings. The van der Waals surface area contributed by atoms with Gasteiger partial charge in [0, 0.05) is 18.8 Å². The van der Waals surface area contributed by atoms with Gasteiger partial charge in [0.15, 0.2) is 0 Å². The highest BCUT2D eigenvalue weighted by Gasteiger charge is 2.33. The van der Waals surface area contributed by atoms with Crippen LogP contribution in [0.25, 0.3) is 0 Å². The number of carbonyl (C=O) groups excluding carboxylic acids is 3. The third-order valence-corrected chi connectivity index (χ3v) is 4.96. The van der Waals surface area contributed by atoms with E-state index in [1.165, 1.54) is 0 Å². The van der Waals surface area contributed by atoms with Gasteiger partial charge in [-0.25, -0.2) is 0 Å². The van der Waals surface area contributed by atoms with Crippen LogP contribution < -0.4 is 15.4 Å². The van der Waals surface area contributed by atoms with E-state index < -0.39 is 12.0 Å². The molecule has 2 amide bonds. The average molecular weight is 420 g/mol. The van der Waals surface area contributed by atoms with Crippen LogP contribution in [0.5, 0.6) is 5.75 Å². The number of piperazine rings is 1. The Morgan fingerprint density at radius 3 is 2.67 bits per heavy atom. The van der Waals surface area contributed by atoms with E-state index in [4.69, 9.17) is 9.47 Å². The van der Waals surface area contributed by atoms with Crippen molar-refractivity contribution < 1.29 is 23.9 Å². The predicted molar refractivity (Wildman–Crippen MR) is 114 cm³/mol. The number of ether oxygens (including phenoxy) is 2. The third kappa shape index (κ3) is 7.67. The van der Waals surface area contributed by atoms with Crippen LogP contribution in [0.1, 0.15) is 46.5 Å². The molecule has 2 unspecified atom stereocenters. The second-order valence-electron chi connectivity index (χ2n) is 7.46. The molecule has 0 bridgehead atoms. The van der Waals surface area contributed by atoms with Crippen LogP contribution in [-0.4, -0.2) is 61.1 Å². The highest BCUT2D eigenvalue weighted by Crippen LogP contribution is 2.18. The number of amides is 2. The maximum Gasteiger partial charge on any atom is 0.307 e. The Hall–Kier alpha value is -2.61. The lowest BCUT2D eigenvalue weighted by molar-refractivity contribution is -0.149. The van der Waals surface area contributed by atoms with E-state index in [-0.39, 0.29) is 30.9 Å². The summed E-state index contributed by atoms with van der Waals surface area (Å²) in [5.41, 5.74) is 0.647. The highest BCUT2D eigenvalue weighted by molar-refractivity contribution is 5.93. The van der Waals surface area contributed by atoms with Crippen molar-refractivity contribution in [3.05, 3.63) is 24.3 Å². The standard InChI is InChI=1S/C22H33N3O5/c1-4-6-13-29-21(27)14-19-22(28)23-11-12-25(19)15-20(26)24-17-7-9-18(10-8-17)30-16(3)5-2/h7-10,16,19H,4-6,11-15H2,1-3H3,(H,23,28)(H,24,26). The number of carbonyl (C=O) groups is 3. The Balaban J connectivity index is 1.89. The number of rotatable bonds is 11. The van der Waals surface area contributed by atoms with Gasteiger partial charge in [0.25, 0.3) is 0 Å². The number of nitrogens with zero attached hydrogens (tertiary/aromatic N) is 1. The zero-order valence-corrected chi connectivity index (χ0v) is 18.1. The summed E-state index contributed by atoms with van der Waals surface area (Å²) >= 11 is 0. The molecule has 0 spiro atoms. The topological polar surface area (TPSA) is 97.0 Å². The van der Waals surface area contributed by atoms with Gasteiger partial charge in [0.05, 0.1) is 25.7 Å². The Bertz CT molecular complexity index is 707. The molecule has 1 fully saturated rings. The quantitative estimate of drug-likeness (QED) is 0.422. The minimum atomic E-state index is -0.704. The molecule has 30 heavy (non-hydrogen) atoms. The van der Waals surface area contributed by atoms with Crippen LogP contribution in [-0.2, 0) is 19.1 Å². The van der Waals surface area contributed by atoms with Gasteiger partial charge >= 0.3 is 5.97 Å². The molecule has 1 saturated heterocycles. The summed E-state index contributed by atoms with van der Waals surface area (Å²) in [5, 5.41) is 5.58. The van der Waals surface area contributed by atoms with Crippen molar-refractivity contribution in [2.75, 3.05) is 31.6 Å². The Kier molecular flexibility index (Phi) is 9.60. The maximum atomic E-state index is 12.5. The first-order valence-corrected chi connectivity index (χ1v) is 10.7. The highest BCUT2D eigenvalue weighted by atomic mass is 16.5. The number of unbranched alkanes of at least 4 members (excludes halogenated alkanes) is 1. The normalized spacial score (nSPS) is 17.7. The molecule has 8 heteroatoms. The van der Waals surface area contributed by atoms with Crippen LogP contribution in [0, 0.1) is 0 Å². The van der Waals surface area contributed by atoms with Gasteiger partial charge in [-0.2, -0.15) is 0 Å². The van der Waals surface area contributed by atoms with E-state index in [2.05, 4.69) is 17.6 Å². The number of anilines is 1. The van der Waals surface area contributed by atoms with Gasteiger partial charge in [-0.15, -0.1) is 0 Å². The van der Waals surface area contributed by atoms with Gasteiger partial charge in [-0.3, -0.25) is 19.3 Å². The minimum absolute atomic E-state index is 0.0193. The monoisotopic (exact) mass is 419 g/mol. The van der Waals surface area contributed by atoms with Gasteiger partial charge in [-0.1, -0.05) is 20.3 Å². The first-order chi connectivity index (χ1) is 14.4. The maximum absolute atomic E-state index is 12.5. The largest absolute Gasteiger partial charge is 0.491 e. The molecule has 0 saturated carbocycles. The van der Waals surface area contributed by atoms with E-state index in [0.29, 0.717) is 25.4 Å². The molecule has 0 radical (unpaired) electrons. The summed E-state index contributed by atoms with van der Waals surface area (Å²) in [6.45, 7) is 7.36. The Morgan fingerprint density at radius 2 is 2.00 bits per heavy atom. The smallest absolute Gasteiger partial charge is 0.307 e. The summed E-state index contributed by atoms with van der Waals surface area (Å²) in [6.07, 6.45) is 2.69. The lowest BCUT2D eigenvalue weighted by Gasteiger charge is -2.33. The number of hydrogen-bond acceptors (Lipinski definition) is 6. The molecule has 1 aromatic carbocycles. The predicted octanol–water partition coefficient (Wildman–Crippen LogP) is 2.34. The minimum Gasteiger partial charge on any atom is -0.491 e. The molecule has 1 heterocycles. The van der Waals surface area contributed by atoms with Gasteiger partial charge < -0.3 is 20.1 Å². The zero-order valence-electron chi connectivity index (χ0n) is 18.1. The fourth-order valence-electron chi connectivity index (χ4n) is 3.04. The molecule has 0 aromatic heterocycles. The average Bonchev–Trinajstić information content (AvgIpc) is 2.72. The molecular weight excluding hydrogens is 386 g/mol. The van der Waals surface area contributed by atoms with Crippen LogP contribution in [0.3, 0.4) is 0 Å². The van der Waals surface area contributed by atoms with Crippen molar-refractivity contribution in [2.24, 2.45) is 0 Å². The van der Waals surface area contributed by atoms with Crippen molar-refractivity contribution in [1.82, 2.24) is 10.2 Å². The summed E-state index contributed by atoms with van der Waals surface area (Å²) in [5.74, 6) is -0.179. The number of hydrogen-bond donors (Lipinski definition) is 2.